The van der Waals surface area contributed by atoms with E-state index < -0.39 is 0 Å². The Morgan fingerprint density at radius 3 is 1.86 bits per heavy atom. The summed E-state index contributed by atoms with van der Waals surface area (Å²) in [6, 6.07) is 64.9. The largest absolute Gasteiger partial charge is 0.455 e. The summed E-state index contributed by atoms with van der Waals surface area (Å²) in [7, 11) is 0. The molecule has 0 saturated carbocycles. The first-order valence-corrected chi connectivity index (χ1v) is 16.7. The third-order valence-electron chi connectivity index (χ3n) is 9.76. The summed E-state index contributed by atoms with van der Waals surface area (Å²) in [4.78, 5) is 2.37. The number of aromatic nitrogens is 1. The quantitative estimate of drug-likeness (QED) is 0.190. The molecule has 2 aromatic heterocycles. The van der Waals surface area contributed by atoms with Crippen LogP contribution in [0.1, 0.15) is 0 Å². The number of rotatable bonds is 5. The van der Waals surface area contributed by atoms with Gasteiger partial charge in [0.25, 0.3) is 0 Å². The van der Waals surface area contributed by atoms with Crippen molar-refractivity contribution in [1.82, 2.24) is 4.57 Å². The van der Waals surface area contributed by atoms with E-state index in [2.05, 4.69) is 191 Å². The van der Waals surface area contributed by atoms with Gasteiger partial charge in [-0.25, -0.2) is 0 Å². The first-order chi connectivity index (χ1) is 24.3. The molecular formula is C46H30N2O. The molecule has 10 rings (SSSR count). The molecule has 0 aliphatic carbocycles. The summed E-state index contributed by atoms with van der Waals surface area (Å²) in [5.41, 5.74) is 10.9. The van der Waals surface area contributed by atoms with Crippen LogP contribution in [0.5, 0.6) is 0 Å². The zero-order valence-electron chi connectivity index (χ0n) is 26.6. The molecule has 0 fully saturated rings. The second kappa shape index (κ2) is 11.0. The summed E-state index contributed by atoms with van der Waals surface area (Å²) in [6.07, 6.45) is 0. The van der Waals surface area contributed by atoms with Crippen molar-refractivity contribution in [3.63, 3.8) is 0 Å². The van der Waals surface area contributed by atoms with E-state index in [0.717, 1.165) is 50.1 Å². The molecule has 0 N–H and O–H groups in total. The van der Waals surface area contributed by atoms with Gasteiger partial charge in [0.2, 0.25) is 0 Å². The molecule has 0 unspecified atom stereocenters. The fraction of sp³-hybridized carbons (Fsp3) is 0. The molecule has 10 aromatic rings. The zero-order valence-corrected chi connectivity index (χ0v) is 26.6. The van der Waals surface area contributed by atoms with Crippen LogP contribution in [0.15, 0.2) is 186 Å². The van der Waals surface area contributed by atoms with E-state index in [1.807, 2.05) is 0 Å². The highest BCUT2D eigenvalue weighted by atomic mass is 16.3. The van der Waals surface area contributed by atoms with Crippen LogP contribution in [0.4, 0.5) is 17.1 Å². The van der Waals surface area contributed by atoms with Gasteiger partial charge in [0.15, 0.2) is 0 Å². The highest BCUT2D eigenvalue weighted by Crippen LogP contribution is 2.45. The molecule has 3 heteroatoms. The Balaban J connectivity index is 1.20. The molecule has 49 heavy (non-hydrogen) atoms. The first-order valence-electron chi connectivity index (χ1n) is 16.7. The molecule has 8 aromatic carbocycles. The lowest BCUT2D eigenvalue weighted by Gasteiger charge is -2.27. The molecule has 3 nitrogen and oxygen atoms in total. The van der Waals surface area contributed by atoms with Crippen LogP contribution in [0.25, 0.3) is 71.3 Å². The number of hydrogen-bond acceptors (Lipinski definition) is 2. The molecule has 0 amide bonds. The molecule has 0 radical (unpaired) electrons. The lowest BCUT2D eigenvalue weighted by molar-refractivity contribution is 0.672. The van der Waals surface area contributed by atoms with Crippen molar-refractivity contribution in [2.24, 2.45) is 0 Å². The maximum Gasteiger partial charge on any atom is 0.143 e. The van der Waals surface area contributed by atoms with Gasteiger partial charge >= 0.3 is 0 Å². The third kappa shape index (κ3) is 4.37. The molecule has 0 spiro atoms. The normalized spacial score (nSPS) is 11.7. The van der Waals surface area contributed by atoms with Crippen LogP contribution >= 0.6 is 0 Å². The van der Waals surface area contributed by atoms with Crippen molar-refractivity contribution < 1.29 is 4.42 Å². The fourth-order valence-electron chi connectivity index (χ4n) is 7.56. The summed E-state index contributed by atoms with van der Waals surface area (Å²) in [6.45, 7) is 0. The van der Waals surface area contributed by atoms with Crippen LogP contribution < -0.4 is 4.90 Å². The molecule has 0 aliphatic rings. The van der Waals surface area contributed by atoms with E-state index in [0.29, 0.717) is 0 Å². The van der Waals surface area contributed by atoms with Crippen LogP contribution in [-0.4, -0.2) is 4.57 Å². The van der Waals surface area contributed by atoms with Crippen LogP contribution in [0.3, 0.4) is 0 Å². The number of fused-ring (bicyclic) bond motifs is 8. The second-order valence-corrected chi connectivity index (χ2v) is 12.6. The predicted octanol–water partition coefficient (Wildman–Crippen LogP) is 13.0. The Kier molecular flexibility index (Phi) is 6.18. The summed E-state index contributed by atoms with van der Waals surface area (Å²) in [5.74, 6) is 0. The number of anilines is 3. The molecule has 0 atom stereocenters. The van der Waals surface area contributed by atoms with Crippen molar-refractivity contribution >= 4 is 71.6 Å². The number of para-hydroxylation sites is 2. The van der Waals surface area contributed by atoms with Gasteiger partial charge in [-0.05, 0) is 83.2 Å². The highest BCUT2D eigenvalue weighted by molar-refractivity contribution is 6.19. The van der Waals surface area contributed by atoms with Gasteiger partial charge in [-0.15, -0.1) is 0 Å². The Hall–Kier alpha value is -6.58. The highest BCUT2D eigenvalue weighted by Gasteiger charge is 2.21. The van der Waals surface area contributed by atoms with Gasteiger partial charge in [0, 0.05) is 38.6 Å². The predicted molar refractivity (Wildman–Crippen MR) is 206 cm³/mol. The topological polar surface area (TPSA) is 21.3 Å². The second-order valence-electron chi connectivity index (χ2n) is 12.6. The van der Waals surface area contributed by atoms with Crippen LogP contribution in [0.2, 0.25) is 0 Å². The van der Waals surface area contributed by atoms with Gasteiger partial charge in [0.1, 0.15) is 11.2 Å². The van der Waals surface area contributed by atoms with Crippen molar-refractivity contribution in [1.29, 1.82) is 0 Å². The Bertz CT molecular complexity index is 2770. The number of hydrogen-bond donors (Lipinski definition) is 0. The first kappa shape index (κ1) is 27.5. The molecule has 0 bridgehead atoms. The minimum absolute atomic E-state index is 0.870. The van der Waals surface area contributed by atoms with Gasteiger partial charge < -0.3 is 13.9 Å². The van der Waals surface area contributed by atoms with Crippen molar-refractivity contribution in [3.8, 4) is 16.8 Å². The SMILES string of the molecule is c1ccc(-c2cccc(N(c3ccc(-n4c5ccccc5c5ccccc54)cc3)c3cccc4oc5c6ccccc6ccc5c34)c2)cc1. The van der Waals surface area contributed by atoms with E-state index in [4.69, 9.17) is 4.42 Å². The molecule has 230 valence electrons. The maximum atomic E-state index is 6.64. The van der Waals surface area contributed by atoms with Gasteiger partial charge in [-0.2, -0.15) is 0 Å². The zero-order chi connectivity index (χ0) is 32.3. The fourth-order valence-corrected chi connectivity index (χ4v) is 7.56. The lowest BCUT2D eigenvalue weighted by atomic mass is 10.0. The van der Waals surface area contributed by atoms with Gasteiger partial charge in [-0.3, -0.25) is 0 Å². The van der Waals surface area contributed by atoms with E-state index in [9.17, 15) is 0 Å². The molecule has 0 aliphatic heterocycles. The van der Waals surface area contributed by atoms with Crippen LogP contribution in [0, 0.1) is 0 Å². The standard InChI is InChI=1S/C46H30N2O/c1-2-12-31(13-3-1)33-15-10-16-36(30-33)47(43-22-11-23-44-45(43)40-29-24-32-14-4-5-17-37(32)46(40)49-44)34-25-27-35(28-26-34)48-41-20-8-6-18-38(41)39-19-7-9-21-42(39)48/h1-30H. The Morgan fingerprint density at radius 2 is 1.08 bits per heavy atom. The van der Waals surface area contributed by atoms with Crippen molar-refractivity contribution in [2.75, 3.05) is 4.90 Å². The number of benzene rings is 8. The average molecular weight is 627 g/mol. The monoisotopic (exact) mass is 626 g/mol. The van der Waals surface area contributed by atoms with Gasteiger partial charge in [0.05, 0.1) is 22.1 Å². The van der Waals surface area contributed by atoms with E-state index >= 15 is 0 Å². The molecular weight excluding hydrogens is 597 g/mol. The smallest absolute Gasteiger partial charge is 0.143 e. The lowest BCUT2D eigenvalue weighted by Crippen LogP contribution is -2.10. The Labute approximate surface area is 283 Å². The van der Waals surface area contributed by atoms with E-state index in [-0.39, 0.29) is 0 Å². The number of furan rings is 1. The maximum absolute atomic E-state index is 6.64. The molecule has 2 heterocycles. The Morgan fingerprint density at radius 1 is 0.429 bits per heavy atom. The van der Waals surface area contributed by atoms with Crippen molar-refractivity contribution in [2.45, 2.75) is 0 Å². The van der Waals surface area contributed by atoms with Crippen molar-refractivity contribution in [3.05, 3.63) is 182 Å². The van der Waals surface area contributed by atoms with E-state index in [1.54, 1.807) is 0 Å². The summed E-state index contributed by atoms with van der Waals surface area (Å²) in [5, 5.41) is 7.01. The van der Waals surface area contributed by atoms with E-state index in [1.165, 1.54) is 38.3 Å². The third-order valence-corrected chi connectivity index (χ3v) is 9.76. The van der Waals surface area contributed by atoms with Crippen LogP contribution in [-0.2, 0) is 0 Å². The summed E-state index contributed by atoms with van der Waals surface area (Å²) >= 11 is 0. The summed E-state index contributed by atoms with van der Waals surface area (Å²) < 4.78 is 9.01. The van der Waals surface area contributed by atoms with Gasteiger partial charge in [-0.1, -0.05) is 115 Å². The minimum Gasteiger partial charge on any atom is -0.455 e. The average Bonchev–Trinajstić information content (AvgIpc) is 3.73. The molecule has 0 saturated heterocycles. The number of nitrogens with zero attached hydrogens (tertiary/aromatic N) is 2. The minimum atomic E-state index is 0.870.